The lowest BCUT2D eigenvalue weighted by Crippen LogP contribution is -2.48. The number of nitrogens with zero attached hydrogens (tertiary/aromatic N) is 1. The highest BCUT2D eigenvalue weighted by atomic mass is 32.2. The minimum atomic E-state index is -3.97. The number of primary sulfonamides is 1. The maximum Gasteiger partial charge on any atom is 0.328 e. The lowest BCUT2D eigenvalue weighted by atomic mass is 10.2. The molecule has 0 fully saturated rings. The monoisotopic (exact) mass is 305 g/mol. The van der Waals surface area contributed by atoms with Gasteiger partial charge < -0.3 is 20.1 Å². The Balaban J connectivity index is 3.04. The summed E-state index contributed by atoms with van der Waals surface area (Å²) in [5.74, 6) is -2.25. The third kappa shape index (κ3) is 3.56. The largest absolute Gasteiger partial charge is 0.480 e. The molecule has 0 aliphatic carbocycles. The van der Waals surface area contributed by atoms with Crippen molar-refractivity contribution in [1.82, 2.24) is 9.88 Å². The van der Waals surface area contributed by atoms with E-state index in [-0.39, 0.29) is 10.6 Å². The number of aliphatic carboxylic acids is 1. The van der Waals surface area contributed by atoms with Gasteiger partial charge in [-0.15, -0.1) is 0 Å². The molecule has 2 atom stereocenters. The number of carboxylic acid groups (broad SMARTS) is 1. The van der Waals surface area contributed by atoms with E-state index in [1.165, 1.54) is 18.5 Å². The Hall–Kier alpha value is -1.91. The number of amides is 1. The average Bonchev–Trinajstić information content (AvgIpc) is 2.66. The number of carbonyl (C=O) groups is 2. The fraction of sp³-hybridized carbons (Fsp3) is 0.400. The number of nitrogens with two attached hydrogens (primary N) is 1. The summed E-state index contributed by atoms with van der Waals surface area (Å²) < 4.78 is 23.5. The van der Waals surface area contributed by atoms with Gasteiger partial charge >= 0.3 is 5.97 Å². The summed E-state index contributed by atoms with van der Waals surface area (Å²) in [5.41, 5.74) is -0.0964. The number of aryl methyl sites for hydroxylation is 1. The fourth-order valence-electron chi connectivity index (χ4n) is 1.52. The Morgan fingerprint density at radius 2 is 2.00 bits per heavy atom. The van der Waals surface area contributed by atoms with Crippen molar-refractivity contribution in [2.75, 3.05) is 0 Å². The first-order chi connectivity index (χ1) is 9.04. The zero-order chi connectivity index (χ0) is 15.7. The van der Waals surface area contributed by atoms with E-state index in [0.717, 1.165) is 12.3 Å². The first-order valence-electron chi connectivity index (χ1n) is 5.45. The molecule has 0 saturated heterocycles. The van der Waals surface area contributed by atoms with Gasteiger partial charge in [-0.25, -0.2) is 18.4 Å². The smallest absolute Gasteiger partial charge is 0.328 e. The molecule has 5 N–H and O–H groups in total. The van der Waals surface area contributed by atoms with E-state index in [9.17, 15) is 23.1 Å². The van der Waals surface area contributed by atoms with Crippen LogP contribution in [0.1, 0.15) is 17.4 Å². The highest BCUT2D eigenvalue weighted by Gasteiger charge is 2.27. The van der Waals surface area contributed by atoms with Gasteiger partial charge in [-0.2, -0.15) is 0 Å². The van der Waals surface area contributed by atoms with Crippen LogP contribution in [0.15, 0.2) is 17.2 Å². The molecule has 1 aromatic rings. The number of aliphatic hydroxyl groups excluding tert-OH is 1. The molecule has 0 saturated carbocycles. The van der Waals surface area contributed by atoms with E-state index in [0.29, 0.717) is 0 Å². The summed E-state index contributed by atoms with van der Waals surface area (Å²) in [6.07, 6.45) is -0.183. The Bertz CT molecular complexity index is 633. The summed E-state index contributed by atoms with van der Waals surface area (Å²) in [4.78, 5) is 22.5. The molecular formula is C10H15N3O6S. The van der Waals surface area contributed by atoms with Gasteiger partial charge in [-0.1, -0.05) is 0 Å². The number of hydrogen-bond acceptors (Lipinski definition) is 5. The Kier molecular flexibility index (Phi) is 4.53. The zero-order valence-corrected chi connectivity index (χ0v) is 11.6. The second-order valence-electron chi connectivity index (χ2n) is 4.25. The minimum absolute atomic E-state index is 0.0964. The average molecular weight is 305 g/mol. The van der Waals surface area contributed by atoms with Crippen molar-refractivity contribution in [3.05, 3.63) is 18.0 Å². The van der Waals surface area contributed by atoms with Crippen LogP contribution in [0.3, 0.4) is 0 Å². The minimum Gasteiger partial charge on any atom is -0.480 e. The summed E-state index contributed by atoms with van der Waals surface area (Å²) in [6.45, 7) is 1.21. The number of carbonyl (C=O) groups excluding carboxylic acids is 1. The van der Waals surface area contributed by atoms with Crippen molar-refractivity contribution in [2.45, 2.75) is 24.0 Å². The highest BCUT2D eigenvalue weighted by Crippen LogP contribution is 2.12. The number of aliphatic hydroxyl groups is 1. The maximum atomic E-state index is 11.9. The van der Waals surface area contributed by atoms with Crippen LogP contribution in [0.5, 0.6) is 0 Å². The molecule has 112 valence electrons. The molecule has 20 heavy (non-hydrogen) atoms. The molecule has 0 unspecified atom stereocenters. The molecular weight excluding hydrogens is 290 g/mol. The number of carboxylic acids is 1. The zero-order valence-electron chi connectivity index (χ0n) is 10.8. The normalized spacial score (nSPS) is 14.6. The lowest BCUT2D eigenvalue weighted by Gasteiger charge is -2.17. The summed E-state index contributed by atoms with van der Waals surface area (Å²) in [6, 6.07) is -0.485. The third-order valence-electron chi connectivity index (χ3n) is 2.58. The van der Waals surface area contributed by atoms with Gasteiger partial charge in [0.15, 0.2) is 6.04 Å². The number of sulfonamides is 1. The summed E-state index contributed by atoms with van der Waals surface area (Å²) in [5, 5.41) is 25.1. The van der Waals surface area contributed by atoms with Crippen LogP contribution in [-0.2, 0) is 21.9 Å². The number of nitrogens with one attached hydrogen (secondary N) is 1. The number of hydrogen-bond donors (Lipinski definition) is 4. The molecule has 1 heterocycles. The van der Waals surface area contributed by atoms with Gasteiger partial charge in [0.2, 0.25) is 10.0 Å². The summed E-state index contributed by atoms with van der Waals surface area (Å²) in [7, 11) is -2.56. The lowest BCUT2D eigenvalue weighted by molar-refractivity contribution is -0.141. The van der Waals surface area contributed by atoms with Crippen molar-refractivity contribution >= 4 is 21.9 Å². The predicted octanol–water partition coefficient (Wildman–Crippen LogP) is -1.76. The first kappa shape index (κ1) is 16.1. The van der Waals surface area contributed by atoms with Crippen molar-refractivity contribution < 1.29 is 28.2 Å². The van der Waals surface area contributed by atoms with E-state index in [4.69, 9.17) is 10.2 Å². The van der Waals surface area contributed by atoms with Gasteiger partial charge in [0.1, 0.15) is 10.6 Å². The van der Waals surface area contributed by atoms with Crippen LogP contribution >= 0.6 is 0 Å². The van der Waals surface area contributed by atoms with E-state index >= 15 is 0 Å². The Morgan fingerprint density at radius 1 is 1.45 bits per heavy atom. The quantitative estimate of drug-likeness (QED) is 0.505. The first-order valence-corrected chi connectivity index (χ1v) is 6.99. The van der Waals surface area contributed by atoms with Crippen molar-refractivity contribution in [3.63, 3.8) is 0 Å². The van der Waals surface area contributed by atoms with Crippen molar-refractivity contribution in [1.29, 1.82) is 0 Å². The molecule has 0 radical (unpaired) electrons. The van der Waals surface area contributed by atoms with Crippen LogP contribution in [-0.4, -0.2) is 47.2 Å². The molecule has 0 bridgehead atoms. The number of aromatic nitrogens is 1. The standard InChI is InChI=1S/C10H15N3O6S/c1-5(14)8(10(16)17)12-9(15)7-3-6(4-13(7)2)20(11,18)19/h3-5,8,14H,1-2H3,(H,12,15)(H,16,17)(H2,11,18,19)/t5-,8+/m1/s1. The van der Waals surface area contributed by atoms with Gasteiger partial charge in [0.25, 0.3) is 5.91 Å². The van der Waals surface area contributed by atoms with Crippen LogP contribution in [0.25, 0.3) is 0 Å². The van der Waals surface area contributed by atoms with Crippen LogP contribution in [0.2, 0.25) is 0 Å². The van der Waals surface area contributed by atoms with E-state index in [1.807, 2.05) is 0 Å². The molecule has 10 heteroatoms. The van der Waals surface area contributed by atoms with E-state index in [1.54, 1.807) is 0 Å². The SMILES string of the molecule is C[C@@H](O)[C@H](NC(=O)c1cc(S(N)(=O)=O)cn1C)C(=O)O. The maximum absolute atomic E-state index is 11.9. The van der Waals surface area contributed by atoms with Crippen molar-refractivity contribution in [2.24, 2.45) is 12.2 Å². The van der Waals surface area contributed by atoms with E-state index < -0.39 is 34.0 Å². The van der Waals surface area contributed by atoms with Crippen LogP contribution in [0.4, 0.5) is 0 Å². The number of rotatable bonds is 5. The molecule has 1 amide bonds. The molecule has 0 aromatic carbocycles. The van der Waals surface area contributed by atoms with Gasteiger partial charge in [0.05, 0.1) is 6.10 Å². The Morgan fingerprint density at radius 3 is 2.35 bits per heavy atom. The topological polar surface area (TPSA) is 152 Å². The van der Waals surface area contributed by atoms with Gasteiger partial charge in [-0.05, 0) is 13.0 Å². The fourth-order valence-corrected chi connectivity index (χ4v) is 2.10. The predicted molar refractivity (Wildman–Crippen MR) is 67.4 cm³/mol. The van der Waals surface area contributed by atoms with Gasteiger partial charge in [-0.3, -0.25) is 4.79 Å². The molecule has 9 nitrogen and oxygen atoms in total. The molecule has 1 aromatic heterocycles. The van der Waals surface area contributed by atoms with E-state index in [2.05, 4.69) is 5.32 Å². The molecule has 0 aliphatic rings. The molecule has 0 spiro atoms. The molecule has 0 aliphatic heterocycles. The van der Waals surface area contributed by atoms with Crippen molar-refractivity contribution in [3.8, 4) is 0 Å². The summed E-state index contributed by atoms with van der Waals surface area (Å²) >= 11 is 0. The van der Waals surface area contributed by atoms with Crippen LogP contribution in [0, 0.1) is 0 Å². The highest BCUT2D eigenvalue weighted by molar-refractivity contribution is 7.89. The third-order valence-corrected chi connectivity index (χ3v) is 3.46. The van der Waals surface area contributed by atoms with Crippen LogP contribution < -0.4 is 10.5 Å². The Labute approximate surface area is 115 Å². The van der Waals surface area contributed by atoms with Gasteiger partial charge in [0, 0.05) is 13.2 Å². The molecule has 1 rings (SSSR count). The second-order valence-corrected chi connectivity index (χ2v) is 5.81. The second kappa shape index (κ2) is 5.61.